The normalized spacial score (nSPS) is 10.8. The number of aryl methyl sites for hydroxylation is 3. The minimum Gasteiger partial charge on any atom is -0.493 e. The molecule has 0 aliphatic rings. The van der Waals surface area contributed by atoms with E-state index in [2.05, 4.69) is 10.6 Å². The van der Waals surface area contributed by atoms with Gasteiger partial charge in [-0.1, -0.05) is 24.3 Å². The van der Waals surface area contributed by atoms with Crippen LogP contribution in [0.5, 0.6) is 11.5 Å². The molecular weight excluding hydrogens is 454 g/mol. The van der Waals surface area contributed by atoms with Gasteiger partial charge in [0.05, 0.1) is 7.11 Å². The molecule has 0 unspecified atom stereocenters. The summed E-state index contributed by atoms with van der Waals surface area (Å²) in [6.07, 6.45) is 1.47. The Morgan fingerprint density at radius 2 is 1.69 bits per heavy atom. The van der Waals surface area contributed by atoms with Crippen LogP contribution in [-0.4, -0.2) is 25.5 Å². The van der Waals surface area contributed by atoms with Crippen molar-refractivity contribution in [1.82, 2.24) is 0 Å². The molecule has 0 aliphatic heterocycles. The number of ether oxygens (including phenoxy) is 2. The quantitative estimate of drug-likeness (QED) is 0.326. The molecule has 2 N–H and O–H groups in total. The topological polar surface area (TPSA) is 100 Å². The van der Waals surface area contributed by atoms with E-state index in [1.165, 1.54) is 13.2 Å². The molecule has 0 atom stereocenters. The van der Waals surface area contributed by atoms with Crippen molar-refractivity contribution in [2.24, 2.45) is 0 Å². The van der Waals surface area contributed by atoms with Crippen LogP contribution < -0.4 is 20.1 Å². The number of rotatable bonds is 8. The monoisotopic (exact) mass is 483 g/mol. The Kier molecular flexibility index (Phi) is 8.48. The largest absolute Gasteiger partial charge is 0.493 e. The van der Waals surface area contributed by atoms with E-state index in [1.54, 1.807) is 24.3 Å². The van der Waals surface area contributed by atoms with Gasteiger partial charge in [0.1, 0.15) is 11.6 Å². The maximum absolute atomic E-state index is 12.7. The average molecular weight is 484 g/mol. The molecular formula is C29H29N3O4. The number of nitrogens with one attached hydrogen (secondary N) is 2. The number of nitriles is 1. The van der Waals surface area contributed by atoms with Crippen LogP contribution in [0.15, 0.2) is 60.2 Å². The van der Waals surface area contributed by atoms with Crippen LogP contribution in [0, 0.1) is 39.0 Å². The van der Waals surface area contributed by atoms with E-state index in [4.69, 9.17) is 9.47 Å². The number of hydrogen-bond donors (Lipinski definition) is 2. The summed E-state index contributed by atoms with van der Waals surface area (Å²) in [5.74, 6) is -0.0779. The molecule has 0 spiro atoms. The molecule has 7 nitrogen and oxygen atoms in total. The summed E-state index contributed by atoms with van der Waals surface area (Å²) in [7, 11) is 1.48. The lowest BCUT2D eigenvalue weighted by atomic mass is 10.1. The molecule has 0 bridgehead atoms. The number of carbonyl (C=O) groups excluding carboxylic acids is 2. The lowest BCUT2D eigenvalue weighted by molar-refractivity contribution is -0.118. The van der Waals surface area contributed by atoms with Crippen molar-refractivity contribution >= 4 is 29.3 Å². The highest BCUT2D eigenvalue weighted by Crippen LogP contribution is 2.29. The number of nitrogens with zero attached hydrogens (tertiary/aromatic N) is 1. The second-order valence-electron chi connectivity index (χ2n) is 8.42. The molecule has 2 amide bonds. The van der Waals surface area contributed by atoms with E-state index in [-0.39, 0.29) is 18.1 Å². The Bertz CT molecular complexity index is 1370. The first-order valence-electron chi connectivity index (χ1n) is 11.4. The predicted molar refractivity (Wildman–Crippen MR) is 141 cm³/mol. The van der Waals surface area contributed by atoms with Gasteiger partial charge in [0.25, 0.3) is 11.8 Å². The lowest BCUT2D eigenvalue weighted by Gasteiger charge is -2.12. The Balaban J connectivity index is 1.69. The van der Waals surface area contributed by atoms with Gasteiger partial charge in [0, 0.05) is 11.4 Å². The number of anilines is 2. The van der Waals surface area contributed by atoms with E-state index in [1.807, 2.05) is 64.1 Å². The Hall–Kier alpha value is -4.57. The van der Waals surface area contributed by atoms with Crippen molar-refractivity contribution in [3.05, 3.63) is 88.0 Å². The summed E-state index contributed by atoms with van der Waals surface area (Å²) in [4.78, 5) is 25.0. The molecule has 36 heavy (non-hydrogen) atoms. The lowest BCUT2D eigenvalue weighted by Crippen LogP contribution is -2.20. The zero-order chi connectivity index (χ0) is 26.2. The van der Waals surface area contributed by atoms with E-state index in [9.17, 15) is 14.9 Å². The number of hydrogen-bond acceptors (Lipinski definition) is 5. The molecule has 7 heteroatoms. The highest BCUT2D eigenvalue weighted by molar-refractivity contribution is 6.10. The number of amides is 2. The molecule has 0 fully saturated rings. The number of benzene rings is 3. The summed E-state index contributed by atoms with van der Waals surface area (Å²) >= 11 is 0. The molecule has 0 radical (unpaired) electrons. The fourth-order valence-corrected chi connectivity index (χ4v) is 3.44. The molecule has 184 valence electrons. The van der Waals surface area contributed by atoms with Crippen LogP contribution in [-0.2, 0) is 9.59 Å². The fraction of sp³-hybridized carbons (Fsp3) is 0.207. The van der Waals surface area contributed by atoms with Crippen LogP contribution in [0.25, 0.3) is 6.08 Å². The fourth-order valence-electron chi connectivity index (χ4n) is 3.44. The molecule has 0 heterocycles. The van der Waals surface area contributed by atoms with Crippen molar-refractivity contribution in [2.45, 2.75) is 27.7 Å². The van der Waals surface area contributed by atoms with Gasteiger partial charge in [0.2, 0.25) is 0 Å². The zero-order valence-corrected chi connectivity index (χ0v) is 21.1. The van der Waals surface area contributed by atoms with Gasteiger partial charge in [0.15, 0.2) is 18.1 Å². The zero-order valence-electron chi connectivity index (χ0n) is 21.1. The first kappa shape index (κ1) is 26.0. The van der Waals surface area contributed by atoms with Crippen LogP contribution >= 0.6 is 0 Å². The molecule has 3 aromatic rings. The number of methoxy groups -OCH3 is 1. The van der Waals surface area contributed by atoms with Gasteiger partial charge >= 0.3 is 0 Å². The molecule has 0 saturated carbocycles. The van der Waals surface area contributed by atoms with Crippen molar-refractivity contribution in [2.75, 3.05) is 24.4 Å². The van der Waals surface area contributed by atoms with Crippen molar-refractivity contribution in [3.8, 4) is 17.6 Å². The summed E-state index contributed by atoms with van der Waals surface area (Å²) < 4.78 is 11.0. The summed E-state index contributed by atoms with van der Waals surface area (Å²) in [5.41, 5.74) is 6.07. The molecule has 0 aliphatic carbocycles. The van der Waals surface area contributed by atoms with Gasteiger partial charge in [-0.15, -0.1) is 0 Å². The minimum atomic E-state index is -0.506. The number of carbonyl (C=O) groups is 2. The summed E-state index contributed by atoms with van der Waals surface area (Å²) in [6.45, 7) is 7.64. The smallest absolute Gasteiger partial charge is 0.266 e. The van der Waals surface area contributed by atoms with Gasteiger partial charge in [-0.25, -0.2) is 0 Å². The first-order chi connectivity index (χ1) is 17.2. The van der Waals surface area contributed by atoms with Crippen molar-refractivity contribution in [3.63, 3.8) is 0 Å². The van der Waals surface area contributed by atoms with E-state index >= 15 is 0 Å². The SMILES string of the molecule is COc1cc(/C=C(/C#N)C(=O)Nc2cccc(C)c2C)ccc1OCC(=O)Nc1ccc(C)c(C)c1. The maximum Gasteiger partial charge on any atom is 0.266 e. The van der Waals surface area contributed by atoms with E-state index in [0.717, 1.165) is 22.3 Å². The third-order valence-electron chi connectivity index (χ3n) is 5.87. The Labute approximate surface area is 211 Å². The molecule has 3 aromatic carbocycles. The summed E-state index contributed by atoms with van der Waals surface area (Å²) in [5, 5.41) is 15.2. The standard InChI is InChI=1S/C29H29N3O4/c1-18-9-11-24(13-20(18)3)31-28(33)17-36-26-12-10-22(15-27(26)35-5)14-23(16-30)29(34)32-25-8-6-7-19(2)21(25)4/h6-15H,17H2,1-5H3,(H,31,33)(H,32,34)/b23-14-. The summed E-state index contributed by atoms with van der Waals surface area (Å²) in [6, 6.07) is 18.2. The minimum absolute atomic E-state index is 0.0561. The van der Waals surface area contributed by atoms with Crippen molar-refractivity contribution in [1.29, 1.82) is 5.26 Å². The maximum atomic E-state index is 12.7. The molecule has 3 rings (SSSR count). The third kappa shape index (κ3) is 6.51. The van der Waals surface area contributed by atoms with Crippen LogP contribution in [0.3, 0.4) is 0 Å². The Morgan fingerprint density at radius 3 is 2.39 bits per heavy atom. The van der Waals surface area contributed by atoms with Crippen molar-refractivity contribution < 1.29 is 19.1 Å². The second kappa shape index (κ2) is 11.7. The predicted octanol–water partition coefficient (Wildman–Crippen LogP) is 5.49. The average Bonchev–Trinajstić information content (AvgIpc) is 2.86. The Morgan fingerprint density at radius 1 is 0.917 bits per heavy atom. The van der Waals surface area contributed by atoms with Crippen LogP contribution in [0.1, 0.15) is 27.8 Å². The van der Waals surface area contributed by atoms with Gasteiger partial charge in [-0.2, -0.15) is 5.26 Å². The molecule has 0 saturated heterocycles. The van der Waals surface area contributed by atoms with Crippen LogP contribution in [0.2, 0.25) is 0 Å². The highest BCUT2D eigenvalue weighted by atomic mass is 16.5. The van der Waals surface area contributed by atoms with Gasteiger partial charge in [-0.05, 0) is 91.9 Å². The first-order valence-corrected chi connectivity index (χ1v) is 11.4. The highest BCUT2D eigenvalue weighted by Gasteiger charge is 2.13. The molecule has 0 aromatic heterocycles. The third-order valence-corrected chi connectivity index (χ3v) is 5.87. The van der Waals surface area contributed by atoms with Crippen LogP contribution in [0.4, 0.5) is 11.4 Å². The second-order valence-corrected chi connectivity index (χ2v) is 8.42. The van der Waals surface area contributed by atoms with Gasteiger partial charge < -0.3 is 20.1 Å². The van der Waals surface area contributed by atoms with E-state index < -0.39 is 5.91 Å². The van der Waals surface area contributed by atoms with Gasteiger partial charge in [-0.3, -0.25) is 9.59 Å². The van der Waals surface area contributed by atoms with E-state index in [0.29, 0.717) is 28.4 Å².